The van der Waals surface area contributed by atoms with E-state index in [0.717, 1.165) is 10.6 Å². The van der Waals surface area contributed by atoms with Crippen LogP contribution in [0.2, 0.25) is 5.02 Å². The highest BCUT2D eigenvalue weighted by atomic mass is 35.5. The Bertz CT molecular complexity index is 1080. The molecule has 0 fully saturated rings. The third kappa shape index (κ3) is 7.10. The maximum Gasteiger partial charge on any atom is 0.244 e. The number of likely N-dealkylation sites (N-methyl/N-ethyl adjacent to an activating group) is 1. The van der Waals surface area contributed by atoms with Gasteiger partial charge in [0.2, 0.25) is 21.8 Å². The Balaban J connectivity index is 2.44. The molecule has 1 N–H and O–H groups in total. The molecule has 0 aliphatic rings. The molecule has 2 rings (SSSR count). The fourth-order valence-corrected chi connectivity index (χ4v) is 4.30. The molecule has 0 aromatic heterocycles. The molecule has 0 saturated carbocycles. The van der Waals surface area contributed by atoms with Gasteiger partial charge in [0.15, 0.2) is 0 Å². The molecule has 180 valence electrons. The van der Waals surface area contributed by atoms with Gasteiger partial charge in [0.1, 0.15) is 18.3 Å². The number of anilines is 1. The van der Waals surface area contributed by atoms with Crippen molar-refractivity contribution in [2.75, 3.05) is 30.3 Å². The van der Waals surface area contributed by atoms with Crippen LogP contribution >= 0.6 is 11.6 Å². The lowest BCUT2D eigenvalue weighted by molar-refractivity contribution is -0.139. The normalized spacial score (nSPS) is 12.0. The minimum atomic E-state index is -3.85. The number of para-hydroxylation sites is 2. The van der Waals surface area contributed by atoms with Crippen LogP contribution < -0.4 is 14.4 Å². The summed E-state index contributed by atoms with van der Waals surface area (Å²) in [7, 11) is -3.85. The number of benzene rings is 2. The molecule has 2 amide bonds. The molecule has 1 atom stereocenters. The van der Waals surface area contributed by atoms with Crippen LogP contribution in [-0.4, -0.2) is 57.1 Å². The molecule has 8 nitrogen and oxygen atoms in total. The van der Waals surface area contributed by atoms with Crippen molar-refractivity contribution >= 4 is 39.1 Å². The Morgan fingerprint density at radius 1 is 1.09 bits per heavy atom. The van der Waals surface area contributed by atoms with Crippen molar-refractivity contribution < 1.29 is 22.7 Å². The number of amides is 2. The second-order valence-corrected chi connectivity index (χ2v) is 9.67. The standard InChI is InChI=1S/C23H30ClN3O5S/c1-5-25-23(29)17(3)26(15-18-11-7-8-12-19(18)24)22(28)16-27(33(4,30)31)20-13-9-10-14-21(20)32-6-2/h7-14,17H,5-6,15-16H2,1-4H3,(H,25,29). The quantitative estimate of drug-likeness (QED) is 0.517. The van der Waals surface area contributed by atoms with Crippen molar-refractivity contribution in [1.82, 2.24) is 10.2 Å². The maximum atomic E-state index is 13.5. The lowest BCUT2D eigenvalue weighted by Crippen LogP contribution is -2.51. The number of carbonyl (C=O) groups excluding carboxylic acids is 2. The largest absolute Gasteiger partial charge is 0.492 e. The zero-order chi connectivity index (χ0) is 24.6. The number of carbonyl (C=O) groups is 2. The molecule has 0 spiro atoms. The molecule has 2 aromatic carbocycles. The number of nitrogens with zero attached hydrogens (tertiary/aromatic N) is 2. The van der Waals surface area contributed by atoms with E-state index in [4.69, 9.17) is 16.3 Å². The van der Waals surface area contributed by atoms with Crippen LogP contribution in [0.3, 0.4) is 0 Å². The monoisotopic (exact) mass is 495 g/mol. The van der Waals surface area contributed by atoms with Crippen molar-refractivity contribution in [1.29, 1.82) is 0 Å². The lowest BCUT2D eigenvalue weighted by Gasteiger charge is -2.32. The number of sulfonamides is 1. The minimum Gasteiger partial charge on any atom is -0.492 e. The zero-order valence-corrected chi connectivity index (χ0v) is 20.8. The van der Waals surface area contributed by atoms with Crippen LogP contribution in [-0.2, 0) is 26.2 Å². The first-order chi connectivity index (χ1) is 15.6. The topological polar surface area (TPSA) is 96.0 Å². The molecule has 0 aliphatic heterocycles. The van der Waals surface area contributed by atoms with E-state index >= 15 is 0 Å². The second-order valence-electron chi connectivity index (χ2n) is 7.35. The van der Waals surface area contributed by atoms with Gasteiger partial charge >= 0.3 is 0 Å². The van der Waals surface area contributed by atoms with Gasteiger partial charge in [0, 0.05) is 18.1 Å². The number of hydrogen-bond acceptors (Lipinski definition) is 5. The summed E-state index contributed by atoms with van der Waals surface area (Å²) in [4.78, 5) is 27.4. The summed E-state index contributed by atoms with van der Waals surface area (Å²) < 4.78 is 31.9. The summed E-state index contributed by atoms with van der Waals surface area (Å²) in [6, 6.07) is 12.7. The Kier molecular flexibility index (Phi) is 9.55. The molecule has 0 bridgehead atoms. The van der Waals surface area contributed by atoms with Gasteiger partial charge in [-0.15, -0.1) is 0 Å². The van der Waals surface area contributed by atoms with Crippen molar-refractivity contribution in [2.24, 2.45) is 0 Å². The van der Waals surface area contributed by atoms with E-state index in [2.05, 4.69) is 5.32 Å². The van der Waals surface area contributed by atoms with E-state index in [1.54, 1.807) is 69.3 Å². The van der Waals surface area contributed by atoms with Gasteiger partial charge in [-0.05, 0) is 44.5 Å². The molecule has 2 aromatic rings. The highest BCUT2D eigenvalue weighted by Gasteiger charge is 2.31. The number of rotatable bonds is 11. The summed E-state index contributed by atoms with van der Waals surface area (Å²) in [6.45, 7) is 5.42. The molecule has 0 heterocycles. The lowest BCUT2D eigenvalue weighted by atomic mass is 10.1. The maximum absolute atomic E-state index is 13.5. The summed E-state index contributed by atoms with van der Waals surface area (Å²) >= 11 is 6.29. The van der Waals surface area contributed by atoms with Crippen LogP contribution in [0.15, 0.2) is 48.5 Å². The molecule has 0 radical (unpaired) electrons. The summed E-state index contributed by atoms with van der Waals surface area (Å²) in [6.07, 6.45) is 1.02. The van der Waals surface area contributed by atoms with E-state index in [1.807, 2.05) is 0 Å². The number of halogens is 1. The number of ether oxygens (including phenoxy) is 1. The first kappa shape index (κ1) is 26.5. The van der Waals surface area contributed by atoms with Gasteiger partial charge in [-0.3, -0.25) is 13.9 Å². The summed E-state index contributed by atoms with van der Waals surface area (Å²) in [5, 5.41) is 3.15. The van der Waals surface area contributed by atoms with E-state index in [1.165, 1.54) is 4.90 Å². The van der Waals surface area contributed by atoms with E-state index in [-0.39, 0.29) is 18.1 Å². The van der Waals surface area contributed by atoms with Gasteiger partial charge in [-0.25, -0.2) is 8.42 Å². The molecule has 0 aliphatic carbocycles. The first-order valence-electron chi connectivity index (χ1n) is 10.6. The predicted octanol–water partition coefficient (Wildman–Crippen LogP) is 3.06. The van der Waals surface area contributed by atoms with Crippen molar-refractivity contribution in [3.05, 3.63) is 59.1 Å². The Morgan fingerprint density at radius 3 is 2.33 bits per heavy atom. The molecule has 33 heavy (non-hydrogen) atoms. The Labute approximate surface area is 200 Å². The van der Waals surface area contributed by atoms with Gasteiger partial charge in [0.05, 0.1) is 18.6 Å². The van der Waals surface area contributed by atoms with Crippen LogP contribution in [0.4, 0.5) is 5.69 Å². The van der Waals surface area contributed by atoms with Gasteiger partial charge in [0.25, 0.3) is 0 Å². The number of hydrogen-bond donors (Lipinski definition) is 1. The Morgan fingerprint density at radius 2 is 1.73 bits per heavy atom. The van der Waals surface area contributed by atoms with E-state index < -0.39 is 28.5 Å². The molecular weight excluding hydrogens is 466 g/mol. The average molecular weight is 496 g/mol. The Hall–Kier alpha value is -2.78. The third-order valence-electron chi connectivity index (χ3n) is 4.93. The average Bonchev–Trinajstić information content (AvgIpc) is 2.76. The third-order valence-corrected chi connectivity index (χ3v) is 6.43. The van der Waals surface area contributed by atoms with E-state index in [9.17, 15) is 18.0 Å². The van der Waals surface area contributed by atoms with Gasteiger partial charge in [-0.2, -0.15) is 0 Å². The first-order valence-corrected chi connectivity index (χ1v) is 12.8. The van der Waals surface area contributed by atoms with Gasteiger partial charge < -0.3 is 15.0 Å². The van der Waals surface area contributed by atoms with Crippen molar-refractivity contribution in [3.63, 3.8) is 0 Å². The SMILES string of the molecule is CCNC(=O)C(C)N(Cc1ccccc1Cl)C(=O)CN(c1ccccc1OCC)S(C)(=O)=O. The highest BCUT2D eigenvalue weighted by Crippen LogP contribution is 2.30. The van der Waals surface area contributed by atoms with Crippen LogP contribution in [0, 0.1) is 0 Å². The van der Waals surface area contributed by atoms with Crippen LogP contribution in [0.1, 0.15) is 26.3 Å². The molecule has 10 heteroatoms. The second kappa shape index (κ2) is 11.9. The summed E-state index contributed by atoms with van der Waals surface area (Å²) in [5.74, 6) is -0.559. The van der Waals surface area contributed by atoms with Crippen LogP contribution in [0.5, 0.6) is 5.75 Å². The summed E-state index contributed by atoms with van der Waals surface area (Å²) in [5.41, 5.74) is 0.892. The van der Waals surface area contributed by atoms with Gasteiger partial charge in [-0.1, -0.05) is 41.9 Å². The van der Waals surface area contributed by atoms with Crippen LogP contribution in [0.25, 0.3) is 0 Å². The highest BCUT2D eigenvalue weighted by molar-refractivity contribution is 7.92. The molecule has 1 unspecified atom stereocenters. The van der Waals surface area contributed by atoms with E-state index in [0.29, 0.717) is 29.5 Å². The fourth-order valence-electron chi connectivity index (χ4n) is 3.25. The zero-order valence-electron chi connectivity index (χ0n) is 19.2. The van der Waals surface area contributed by atoms with Crippen molar-refractivity contribution in [2.45, 2.75) is 33.4 Å². The number of nitrogens with one attached hydrogen (secondary N) is 1. The fraction of sp³-hybridized carbons (Fsp3) is 0.391. The predicted molar refractivity (Wildman–Crippen MR) is 130 cm³/mol. The van der Waals surface area contributed by atoms with Crippen molar-refractivity contribution in [3.8, 4) is 5.75 Å². The smallest absolute Gasteiger partial charge is 0.244 e. The molecule has 0 saturated heterocycles. The minimum absolute atomic E-state index is 0.0432. The molecular formula is C23H30ClN3O5S.